The van der Waals surface area contributed by atoms with Gasteiger partial charge in [0.1, 0.15) is 17.7 Å². The van der Waals surface area contributed by atoms with E-state index in [1.807, 2.05) is 42.6 Å². The van der Waals surface area contributed by atoms with Gasteiger partial charge in [-0.1, -0.05) is 24.3 Å². The summed E-state index contributed by atoms with van der Waals surface area (Å²) in [4.78, 5) is 8.96. The summed E-state index contributed by atoms with van der Waals surface area (Å²) < 4.78 is 0.428. The van der Waals surface area contributed by atoms with Crippen LogP contribution >= 0.6 is 0 Å². The smallest absolute Gasteiger partial charge is 0.256 e. The molecule has 102 valence electrons. The third kappa shape index (κ3) is 1.53. The summed E-state index contributed by atoms with van der Waals surface area (Å²) in [6.45, 7) is 0. The van der Waals surface area contributed by atoms with Gasteiger partial charge in [-0.25, -0.2) is 9.48 Å². The molecule has 2 heterocycles. The lowest BCUT2D eigenvalue weighted by Gasteiger charge is -2.33. The van der Waals surface area contributed by atoms with E-state index in [9.17, 15) is 5.11 Å². The van der Waals surface area contributed by atoms with Crippen LogP contribution in [0.25, 0.3) is 5.70 Å². The second-order valence-corrected chi connectivity index (χ2v) is 5.27. The van der Waals surface area contributed by atoms with E-state index in [1.165, 1.54) is 0 Å². The van der Waals surface area contributed by atoms with Crippen LogP contribution in [0.4, 0.5) is 11.4 Å². The van der Waals surface area contributed by atoms with Crippen molar-refractivity contribution in [2.24, 2.45) is 9.98 Å². The molecule has 2 aromatic rings. The normalized spacial score (nSPS) is 22.3. The second kappa shape index (κ2) is 4.14. The molecule has 1 atom stereocenters. The fraction of sp³-hybridized carbons (Fsp3) is 0.0588. The molecule has 21 heavy (non-hydrogen) atoms. The molecule has 2 aliphatic heterocycles. The first-order chi connectivity index (χ1) is 10.2. The van der Waals surface area contributed by atoms with Crippen LogP contribution in [0.3, 0.4) is 0 Å². The second-order valence-electron chi connectivity index (χ2n) is 5.27. The van der Waals surface area contributed by atoms with Gasteiger partial charge >= 0.3 is 0 Å². The number of aliphatic imine (C=N–C) groups is 2. The Morgan fingerprint density at radius 3 is 2.62 bits per heavy atom. The molecule has 4 nitrogen and oxygen atoms in total. The summed E-state index contributed by atoms with van der Waals surface area (Å²) in [5, 5.41) is 10.2. The monoisotopic (exact) mass is 276 g/mol. The first kappa shape index (κ1) is 12.1. The molecule has 4 heteroatoms. The molecule has 0 amide bonds. The zero-order valence-electron chi connectivity index (χ0n) is 11.6. The first-order valence-corrected chi connectivity index (χ1v) is 6.79. The lowest BCUT2D eigenvalue weighted by atomic mass is 10.1. The van der Waals surface area contributed by atoms with Crippen molar-refractivity contribution in [2.45, 2.75) is 0 Å². The quantitative estimate of drug-likeness (QED) is 0.796. The van der Waals surface area contributed by atoms with E-state index >= 15 is 0 Å². The predicted octanol–water partition coefficient (Wildman–Crippen LogP) is 3.46. The van der Waals surface area contributed by atoms with Gasteiger partial charge in [0, 0.05) is 6.07 Å². The minimum Gasteiger partial charge on any atom is -0.507 e. The van der Waals surface area contributed by atoms with Gasteiger partial charge in [-0.3, -0.25) is 0 Å². The highest BCUT2D eigenvalue weighted by Gasteiger charge is 2.45. The molecule has 0 spiro atoms. The van der Waals surface area contributed by atoms with E-state index in [1.54, 1.807) is 12.3 Å². The molecule has 2 aliphatic rings. The van der Waals surface area contributed by atoms with Gasteiger partial charge < -0.3 is 5.11 Å². The third-order valence-electron chi connectivity index (χ3n) is 4.12. The maximum absolute atomic E-state index is 10.2. The molecule has 2 aromatic carbocycles. The summed E-state index contributed by atoms with van der Waals surface area (Å²) in [7, 11) is 2.08. The SMILES string of the molecule is C[N+]12C(c3ccccc3O)=CN=C1C=Nc1ccccc12. The van der Waals surface area contributed by atoms with E-state index in [4.69, 9.17) is 0 Å². The highest BCUT2D eigenvalue weighted by Crippen LogP contribution is 2.45. The summed E-state index contributed by atoms with van der Waals surface area (Å²) in [5.41, 5.74) is 3.73. The lowest BCUT2D eigenvalue weighted by Crippen LogP contribution is -2.48. The predicted molar refractivity (Wildman–Crippen MR) is 85.8 cm³/mol. The molecule has 1 unspecified atom stereocenters. The number of hydrogen-bond donors (Lipinski definition) is 1. The first-order valence-electron chi connectivity index (χ1n) is 6.79. The molecule has 0 aliphatic carbocycles. The van der Waals surface area contributed by atoms with Crippen LogP contribution in [-0.2, 0) is 0 Å². The Morgan fingerprint density at radius 2 is 1.76 bits per heavy atom. The third-order valence-corrected chi connectivity index (χ3v) is 4.12. The molecule has 0 saturated heterocycles. The number of hydrogen-bond acceptors (Lipinski definition) is 3. The number of para-hydroxylation sites is 3. The van der Waals surface area contributed by atoms with Crippen LogP contribution in [0, 0.1) is 0 Å². The van der Waals surface area contributed by atoms with Gasteiger partial charge in [-0.2, -0.15) is 4.99 Å². The van der Waals surface area contributed by atoms with Crippen molar-refractivity contribution in [3.05, 3.63) is 60.3 Å². The molecular weight excluding hydrogens is 262 g/mol. The Labute approximate surface area is 122 Å². The van der Waals surface area contributed by atoms with Crippen LogP contribution in [0.5, 0.6) is 5.75 Å². The number of quaternary nitrogens is 1. The lowest BCUT2D eigenvalue weighted by molar-refractivity contribution is 0.472. The Kier molecular flexibility index (Phi) is 2.37. The number of aromatic hydroxyl groups is 1. The average Bonchev–Trinajstić information content (AvgIpc) is 2.85. The number of fused-ring (bicyclic) bond motifs is 3. The highest BCUT2D eigenvalue weighted by molar-refractivity contribution is 6.39. The standard InChI is InChI=1S/C17H13N3O/c1-20-14-8-4-3-7-13(14)18-11-17(20)19-10-15(20)12-6-2-5-9-16(12)21/h2-11H,1H3/p+1. The van der Waals surface area contributed by atoms with Crippen LogP contribution < -0.4 is 4.48 Å². The average molecular weight is 276 g/mol. The molecule has 0 aromatic heterocycles. The van der Waals surface area contributed by atoms with Crippen molar-refractivity contribution in [1.29, 1.82) is 0 Å². The van der Waals surface area contributed by atoms with Crippen molar-refractivity contribution in [3.8, 4) is 5.75 Å². The number of benzene rings is 2. The van der Waals surface area contributed by atoms with Gasteiger partial charge in [0.2, 0.25) is 0 Å². The van der Waals surface area contributed by atoms with Gasteiger partial charge in [0.25, 0.3) is 5.84 Å². The van der Waals surface area contributed by atoms with Crippen molar-refractivity contribution >= 4 is 29.1 Å². The number of amidine groups is 1. The van der Waals surface area contributed by atoms with Gasteiger partial charge in [0.15, 0.2) is 11.4 Å². The van der Waals surface area contributed by atoms with Crippen LogP contribution in [0.2, 0.25) is 0 Å². The molecule has 4 rings (SSSR count). The largest absolute Gasteiger partial charge is 0.507 e. The summed E-state index contributed by atoms with van der Waals surface area (Å²) in [6, 6.07) is 15.4. The molecule has 1 N–H and O–H groups in total. The van der Waals surface area contributed by atoms with Crippen molar-refractivity contribution in [3.63, 3.8) is 0 Å². The molecule has 0 fully saturated rings. The number of phenolic OH excluding ortho intramolecular Hbond substituents is 1. The fourth-order valence-electron chi connectivity index (χ4n) is 2.96. The topological polar surface area (TPSA) is 45.0 Å². The van der Waals surface area contributed by atoms with Crippen LogP contribution in [0.1, 0.15) is 5.56 Å². The minimum absolute atomic E-state index is 0.263. The number of phenols is 1. The fourth-order valence-corrected chi connectivity index (χ4v) is 2.96. The minimum atomic E-state index is 0.263. The Balaban J connectivity index is 1.96. The van der Waals surface area contributed by atoms with Crippen molar-refractivity contribution in [1.82, 2.24) is 4.48 Å². The van der Waals surface area contributed by atoms with Gasteiger partial charge in [0.05, 0.1) is 18.8 Å². The maximum atomic E-state index is 10.2. The van der Waals surface area contributed by atoms with Crippen molar-refractivity contribution < 1.29 is 5.11 Å². The van der Waals surface area contributed by atoms with E-state index in [2.05, 4.69) is 23.1 Å². The number of nitrogens with zero attached hydrogens (tertiary/aromatic N) is 3. The summed E-state index contributed by atoms with van der Waals surface area (Å²) in [6.07, 6.45) is 3.62. The molecule has 0 saturated carbocycles. The summed E-state index contributed by atoms with van der Waals surface area (Å²) >= 11 is 0. The zero-order valence-corrected chi connectivity index (χ0v) is 11.6. The van der Waals surface area contributed by atoms with Gasteiger partial charge in [-0.05, 0) is 18.2 Å². The molecular formula is C17H14N3O+. The highest BCUT2D eigenvalue weighted by atomic mass is 16.3. The maximum Gasteiger partial charge on any atom is 0.256 e. The molecule has 0 radical (unpaired) electrons. The van der Waals surface area contributed by atoms with E-state index < -0.39 is 0 Å². The molecule has 0 bridgehead atoms. The van der Waals surface area contributed by atoms with E-state index in [0.29, 0.717) is 4.48 Å². The Hall–Kier alpha value is -2.72. The Bertz CT molecular complexity index is 835. The zero-order chi connectivity index (χ0) is 14.4. The van der Waals surface area contributed by atoms with Gasteiger partial charge in [-0.15, -0.1) is 0 Å². The number of rotatable bonds is 1. The summed E-state index contributed by atoms with van der Waals surface area (Å²) in [5.74, 6) is 1.12. The van der Waals surface area contributed by atoms with E-state index in [0.717, 1.165) is 28.5 Å². The van der Waals surface area contributed by atoms with E-state index in [-0.39, 0.29) is 5.75 Å². The van der Waals surface area contributed by atoms with Crippen LogP contribution in [-0.4, -0.2) is 24.2 Å². The van der Waals surface area contributed by atoms with Crippen LogP contribution in [0.15, 0.2) is 64.7 Å². The Morgan fingerprint density at radius 1 is 1.00 bits per heavy atom. The van der Waals surface area contributed by atoms with Crippen molar-refractivity contribution in [2.75, 3.05) is 7.05 Å².